The van der Waals surface area contributed by atoms with Gasteiger partial charge in [0.15, 0.2) is 11.4 Å². The molecule has 146 valence electrons. The molecule has 0 spiro atoms. The molecule has 0 saturated carbocycles. The zero-order valence-corrected chi connectivity index (χ0v) is 16.2. The smallest absolute Gasteiger partial charge is 0.167 e. The Morgan fingerprint density at radius 2 is 1.93 bits per heavy atom. The van der Waals surface area contributed by atoms with E-state index in [0.717, 1.165) is 55.6 Å². The number of Topliss-reactive ketones (excluding diaryl/α,β-unsaturated/α-hetero) is 1. The number of halogens is 1. The number of ketones is 1. The number of rotatable bonds is 6. The van der Waals surface area contributed by atoms with E-state index in [4.69, 9.17) is 4.52 Å². The Labute approximate surface area is 164 Å². The second-order valence-electron chi connectivity index (χ2n) is 7.72. The molecule has 0 bridgehead atoms. The molecule has 2 aromatic carbocycles. The quantitative estimate of drug-likeness (QED) is 0.557. The highest BCUT2D eigenvalue weighted by Gasteiger charge is 2.25. The van der Waals surface area contributed by atoms with E-state index in [1.165, 1.54) is 17.7 Å². The number of likely N-dealkylation sites (tertiary alicyclic amines) is 1. The molecule has 0 aliphatic carbocycles. The first-order chi connectivity index (χ1) is 13.6. The average molecular weight is 380 g/mol. The minimum absolute atomic E-state index is 0.0827. The maximum atomic E-state index is 13.0. The van der Waals surface area contributed by atoms with Gasteiger partial charge in [-0.15, -0.1) is 0 Å². The van der Waals surface area contributed by atoms with E-state index in [1.54, 1.807) is 12.1 Å². The van der Waals surface area contributed by atoms with Crippen LogP contribution in [0.3, 0.4) is 0 Å². The predicted octanol–water partition coefficient (Wildman–Crippen LogP) is 5.12. The molecule has 1 aliphatic rings. The molecule has 3 aromatic rings. The lowest BCUT2D eigenvalue weighted by Crippen LogP contribution is -2.34. The summed E-state index contributed by atoms with van der Waals surface area (Å²) >= 11 is 0. The second kappa shape index (κ2) is 8.23. The van der Waals surface area contributed by atoms with Crippen LogP contribution in [0.25, 0.3) is 11.0 Å². The van der Waals surface area contributed by atoms with Gasteiger partial charge in [0.2, 0.25) is 0 Å². The molecular weight excluding hydrogens is 355 g/mol. The number of carbonyl (C=O) groups is 1. The first kappa shape index (κ1) is 18.8. The Hall–Kier alpha value is -2.53. The number of aryl methyl sites for hydroxylation is 1. The summed E-state index contributed by atoms with van der Waals surface area (Å²) in [5.41, 5.74) is 3.76. The zero-order valence-electron chi connectivity index (χ0n) is 16.2. The normalized spacial score (nSPS) is 15.9. The number of piperidine rings is 1. The molecule has 4 rings (SSSR count). The van der Waals surface area contributed by atoms with Crippen molar-refractivity contribution >= 4 is 16.8 Å². The minimum Gasteiger partial charge on any atom is -0.356 e. The van der Waals surface area contributed by atoms with Crippen LogP contribution in [0.4, 0.5) is 4.39 Å². The van der Waals surface area contributed by atoms with Gasteiger partial charge in [-0.05, 0) is 82.2 Å². The Kier molecular flexibility index (Phi) is 5.53. The first-order valence-electron chi connectivity index (χ1n) is 9.97. The van der Waals surface area contributed by atoms with E-state index in [-0.39, 0.29) is 11.6 Å². The third-order valence-electron chi connectivity index (χ3n) is 5.67. The summed E-state index contributed by atoms with van der Waals surface area (Å²) in [5.74, 6) is 0.203. The van der Waals surface area contributed by atoms with Gasteiger partial charge in [-0.3, -0.25) is 4.79 Å². The molecule has 0 amide bonds. The summed E-state index contributed by atoms with van der Waals surface area (Å²) in [6, 6.07) is 12.0. The molecular formula is C23H25FN2O2. The van der Waals surface area contributed by atoms with Crippen LogP contribution in [0, 0.1) is 12.7 Å². The number of fused-ring (bicyclic) bond motifs is 1. The Morgan fingerprint density at radius 3 is 2.68 bits per heavy atom. The third kappa shape index (κ3) is 4.14. The van der Waals surface area contributed by atoms with Crippen LogP contribution in [0.15, 0.2) is 47.0 Å². The molecule has 1 aliphatic heterocycles. The lowest BCUT2D eigenvalue weighted by Gasteiger charge is -2.31. The van der Waals surface area contributed by atoms with E-state index in [2.05, 4.69) is 23.0 Å². The average Bonchev–Trinajstić information content (AvgIpc) is 3.12. The van der Waals surface area contributed by atoms with Crippen LogP contribution in [0.5, 0.6) is 0 Å². The lowest BCUT2D eigenvalue weighted by atomic mass is 9.91. The molecule has 1 aromatic heterocycles. The molecule has 0 atom stereocenters. The Bertz CT molecular complexity index is 956. The van der Waals surface area contributed by atoms with Crippen molar-refractivity contribution in [3.05, 3.63) is 65.1 Å². The van der Waals surface area contributed by atoms with Gasteiger partial charge in [0.25, 0.3) is 0 Å². The first-order valence-corrected chi connectivity index (χ1v) is 9.97. The van der Waals surface area contributed by atoms with Crippen LogP contribution >= 0.6 is 0 Å². The second-order valence-corrected chi connectivity index (χ2v) is 7.72. The standard InChI is InChI=1S/C23H25FN2O2/c1-16-4-9-22-20(15-16)23(25-28-22)18-10-13-26(14-11-18)12-2-3-21(27)17-5-7-19(24)8-6-17/h4-9,15,18H,2-3,10-14H2,1H3. The molecule has 2 heterocycles. The number of nitrogens with zero attached hydrogens (tertiary/aromatic N) is 2. The summed E-state index contributed by atoms with van der Waals surface area (Å²) in [7, 11) is 0. The Balaban J connectivity index is 1.27. The van der Waals surface area contributed by atoms with Gasteiger partial charge < -0.3 is 9.42 Å². The fourth-order valence-electron chi connectivity index (χ4n) is 4.04. The van der Waals surface area contributed by atoms with E-state index < -0.39 is 0 Å². The predicted molar refractivity (Wildman–Crippen MR) is 107 cm³/mol. The van der Waals surface area contributed by atoms with Crippen molar-refractivity contribution in [2.75, 3.05) is 19.6 Å². The molecule has 0 unspecified atom stereocenters. The molecule has 1 saturated heterocycles. The SMILES string of the molecule is Cc1ccc2onc(C3CCN(CCCC(=O)c4ccc(F)cc4)CC3)c2c1. The number of hydrogen-bond donors (Lipinski definition) is 0. The van der Waals surface area contributed by atoms with Gasteiger partial charge >= 0.3 is 0 Å². The fraction of sp³-hybridized carbons (Fsp3) is 0.391. The minimum atomic E-state index is -0.311. The molecule has 4 nitrogen and oxygen atoms in total. The van der Waals surface area contributed by atoms with Gasteiger partial charge in [0.05, 0.1) is 5.69 Å². The van der Waals surface area contributed by atoms with E-state index in [9.17, 15) is 9.18 Å². The van der Waals surface area contributed by atoms with Crippen molar-refractivity contribution in [2.24, 2.45) is 0 Å². The largest absolute Gasteiger partial charge is 0.356 e. The zero-order chi connectivity index (χ0) is 19.5. The number of carbonyl (C=O) groups excluding carboxylic acids is 1. The van der Waals surface area contributed by atoms with Crippen LogP contribution in [0.1, 0.15) is 53.2 Å². The van der Waals surface area contributed by atoms with E-state index in [1.807, 2.05) is 12.1 Å². The van der Waals surface area contributed by atoms with Gasteiger partial charge in [0.1, 0.15) is 5.82 Å². The maximum Gasteiger partial charge on any atom is 0.167 e. The van der Waals surface area contributed by atoms with Gasteiger partial charge in [-0.1, -0.05) is 16.8 Å². The van der Waals surface area contributed by atoms with Crippen LogP contribution in [-0.2, 0) is 0 Å². The van der Waals surface area contributed by atoms with E-state index in [0.29, 0.717) is 17.9 Å². The van der Waals surface area contributed by atoms with Crippen LogP contribution in [0.2, 0.25) is 0 Å². The molecule has 5 heteroatoms. The Morgan fingerprint density at radius 1 is 1.18 bits per heavy atom. The molecule has 0 N–H and O–H groups in total. The maximum absolute atomic E-state index is 13.0. The summed E-state index contributed by atoms with van der Waals surface area (Å²) < 4.78 is 18.5. The number of hydrogen-bond acceptors (Lipinski definition) is 4. The van der Waals surface area contributed by atoms with Crippen LogP contribution in [-0.4, -0.2) is 35.5 Å². The topological polar surface area (TPSA) is 46.3 Å². The highest BCUT2D eigenvalue weighted by molar-refractivity contribution is 5.95. The molecule has 0 radical (unpaired) electrons. The summed E-state index contributed by atoms with van der Waals surface area (Å²) in [5, 5.41) is 5.49. The van der Waals surface area contributed by atoms with Crippen LogP contribution < -0.4 is 0 Å². The highest BCUT2D eigenvalue weighted by atomic mass is 19.1. The van der Waals surface area contributed by atoms with Crippen molar-refractivity contribution in [1.82, 2.24) is 10.1 Å². The van der Waals surface area contributed by atoms with Gasteiger partial charge in [0, 0.05) is 23.3 Å². The summed E-state index contributed by atoms with van der Waals surface area (Å²) in [4.78, 5) is 14.6. The van der Waals surface area contributed by atoms with Crippen molar-refractivity contribution in [2.45, 2.75) is 38.5 Å². The van der Waals surface area contributed by atoms with Crippen molar-refractivity contribution in [3.63, 3.8) is 0 Å². The monoisotopic (exact) mass is 380 g/mol. The third-order valence-corrected chi connectivity index (χ3v) is 5.67. The molecule has 28 heavy (non-hydrogen) atoms. The van der Waals surface area contributed by atoms with Crippen molar-refractivity contribution in [1.29, 1.82) is 0 Å². The number of benzene rings is 2. The summed E-state index contributed by atoms with van der Waals surface area (Å²) in [6.45, 7) is 5.02. The van der Waals surface area contributed by atoms with Crippen molar-refractivity contribution < 1.29 is 13.7 Å². The highest BCUT2D eigenvalue weighted by Crippen LogP contribution is 2.33. The van der Waals surface area contributed by atoms with Gasteiger partial charge in [-0.2, -0.15) is 0 Å². The van der Waals surface area contributed by atoms with E-state index >= 15 is 0 Å². The van der Waals surface area contributed by atoms with Crippen molar-refractivity contribution in [3.8, 4) is 0 Å². The number of aromatic nitrogens is 1. The molecule has 1 fully saturated rings. The summed E-state index contributed by atoms with van der Waals surface area (Å²) in [6.07, 6.45) is 3.44. The van der Waals surface area contributed by atoms with Gasteiger partial charge in [-0.25, -0.2) is 4.39 Å². The lowest BCUT2D eigenvalue weighted by molar-refractivity contribution is 0.0972. The fourth-order valence-corrected chi connectivity index (χ4v) is 4.04.